The largest absolute Gasteiger partial charge is 0.416 e. The third-order valence-electron chi connectivity index (χ3n) is 3.79. The summed E-state index contributed by atoms with van der Waals surface area (Å²) in [5, 5.41) is 2.50. The van der Waals surface area contributed by atoms with Gasteiger partial charge in [-0.2, -0.15) is 17.5 Å². The van der Waals surface area contributed by atoms with Gasteiger partial charge in [0.2, 0.25) is 15.9 Å². The highest BCUT2D eigenvalue weighted by atomic mass is 32.2. The molecule has 2 aromatic carbocycles. The van der Waals surface area contributed by atoms with Gasteiger partial charge in [0.15, 0.2) is 0 Å². The van der Waals surface area contributed by atoms with Crippen molar-refractivity contribution in [2.24, 2.45) is 0 Å². The fourth-order valence-corrected chi connectivity index (χ4v) is 3.46. The van der Waals surface area contributed by atoms with Gasteiger partial charge in [-0.1, -0.05) is 6.07 Å². The second-order valence-corrected chi connectivity index (χ2v) is 8.26. The maximum absolute atomic E-state index is 12.7. The van der Waals surface area contributed by atoms with Crippen molar-refractivity contribution in [1.29, 1.82) is 0 Å². The number of carbonyl (C=O) groups is 2. The topological polar surface area (TPSA) is 108 Å². The Kier molecular flexibility index (Phi) is 7.05. The highest BCUT2D eigenvalue weighted by Crippen LogP contribution is 2.30. The number of likely N-dealkylation sites (N-methyl/N-ethyl adjacent to an activating group) is 1. The van der Waals surface area contributed by atoms with E-state index in [1.54, 1.807) is 0 Å². The molecule has 0 saturated carbocycles. The average Bonchev–Trinajstić information content (AvgIpc) is 2.66. The lowest BCUT2D eigenvalue weighted by atomic mass is 10.2. The van der Waals surface area contributed by atoms with Crippen LogP contribution in [-0.4, -0.2) is 38.1 Å². The first-order chi connectivity index (χ1) is 13.9. The van der Waals surface area contributed by atoms with Crippen LogP contribution in [0.3, 0.4) is 0 Å². The Labute approximate surface area is 171 Å². The number of hydrogen-bond acceptors (Lipinski definition) is 5. The van der Waals surface area contributed by atoms with Gasteiger partial charge >= 0.3 is 6.18 Å². The molecule has 3 N–H and O–H groups in total. The number of hydrazine groups is 1. The van der Waals surface area contributed by atoms with Gasteiger partial charge < -0.3 is 5.32 Å². The standard InChI is InChI=1S/C18H19F3N4O4S/c1-12(26)22-14-6-8-16(9-7-14)30(28,29)25(2)11-17(27)24-23-15-5-3-4-13(10-15)18(19,20)21/h3-10,23H,11H2,1-2H3,(H,22,26)(H,24,27). The minimum absolute atomic E-state index is 0.0164. The molecule has 0 aliphatic carbocycles. The van der Waals surface area contributed by atoms with Crippen LogP contribution < -0.4 is 16.2 Å². The smallest absolute Gasteiger partial charge is 0.326 e. The van der Waals surface area contributed by atoms with E-state index in [4.69, 9.17) is 0 Å². The van der Waals surface area contributed by atoms with Crippen molar-refractivity contribution in [1.82, 2.24) is 9.73 Å². The predicted octanol–water partition coefficient (Wildman–Crippen LogP) is 2.43. The summed E-state index contributed by atoms with van der Waals surface area (Å²) in [6.45, 7) is 0.728. The zero-order valence-electron chi connectivity index (χ0n) is 15.9. The number of alkyl halides is 3. The number of benzene rings is 2. The average molecular weight is 444 g/mol. The Balaban J connectivity index is 1.98. The van der Waals surface area contributed by atoms with Crippen LogP contribution in [0.4, 0.5) is 24.5 Å². The van der Waals surface area contributed by atoms with E-state index < -0.39 is 34.2 Å². The van der Waals surface area contributed by atoms with Crippen LogP contribution in [0.15, 0.2) is 53.4 Å². The van der Waals surface area contributed by atoms with E-state index in [1.165, 1.54) is 50.4 Å². The van der Waals surface area contributed by atoms with Gasteiger partial charge in [-0.3, -0.25) is 20.4 Å². The van der Waals surface area contributed by atoms with Crippen molar-refractivity contribution in [2.45, 2.75) is 18.0 Å². The molecule has 0 fully saturated rings. The molecule has 0 aliphatic rings. The molecule has 2 aromatic rings. The highest BCUT2D eigenvalue weighted by Gasteiger charge is 2.30. The molecule has 0 radical (unpaired) electrons. The number of nitrogens with zero attached hydrogens (tertiary/aromatic N) is 1. The molecule has 0 aliphatic heterocycles. The molecule has 162 valence electrons. The second-order valence-electron chi connectivity index (χ2n) is 6.22. The van der Waals surface area contributed by atoms with Crippen molar-refractivity contribution in [3.05, 3.63) is 54.1 Å². The summed E-state index contributed by atoms with van der Waals surface area (Å²) in [6.07, 6.45) is -4.54. The summed E-state index contributed by atoms with van der Waals surface area (Å²) >= 11 is 0. The molecule has 0 bridgehead atoms. The van der Waals surface area contributed by atoms with Crippen LogP contribution in [0, 0.1) is 0 Å². The Morgan fingerprint density at radius 2 is 1.67 bits per heavy atom. The van der Waals surface area contributed by atoms with Gasteiger partial charge in [0, 0.05) is 19.7 Å². The fourth-order valence-electron chi connectivity index (χ4n) is 2.34. The molecule has 0 atom stereocenters. The number of sulfonamides is 1. The van der Waals surface area contributed by atoms with E-state index >= 15 is 0 Å². The lowest BCUT2D eigenvalue weighted by Gasteiger charge is -2.18. The Bertz CT molecular complexity index is 1020. The zero-order valence-corrected chi connectivity index (χ0v) is 16.8. The predicted molar refractivity (Wildman–Crippen MR) is 104 cm³/mol. The summed E-state index contributed by atoms with van der Waals surface area (Å²) < 4.78 is 64.0. The molecule has 0 aromatic heterocycles. The first-order valence-corrected chi connectivity index (χ1v) is 9.90. The molecule has 30 heavy (non-hydrogen) atoms. The Morgan fingerprint density at radius 3 is 2.23 bits per heavy atom. The molecule has 0 unspecified atom stereocenters. The quantitative estimate of drug-likeness (QED) is 0.569. The van der Waals surface area contributed by atoms with Crippen LogP contribution in [-0.2, 0) is 25.8 Å². The van der Waals surface area contributed by atoms with Crippen molar-refractivity contribution in [2.75, 3.05) is 24.3 Å². The van der Waals surface area contributed by atoms with Gasteiger partial charge in [0.25, 0.3) is 5.91 Å². The number of amides is 2. The third kappa shape index (κ3) is 6.19. The summed E-state index contributed by atoms with van der Waals surface area (Å²) in [5.74, 6) is -1.10. The molecule has 2 amide bonds. The number of carbonyl (C=O) groups excluding carboxylic acids is 2. The minimum Gasteiger partial charge on any atom is -0.326 e. The van der Waals surface area contributed by atoms with Crippen molar-refractivity contribution in [3.8, 4) is 0 Å². The van der Waals surface area contributed by atoms with Crippen LogP contribution in [0.1, 0.15) is 12.5 Å². The van der Waals surface area contributed by atoms with Gasteiger partial charge in [0.05, 0.1) is 22.7 Å². The third-order valence-corrected chi connectivity index (χ3v) is 5.60. The molecule has 2 rings (SSSR count). The first kappa shape index (κ1) is 23.2. The van der Waals surface area contributed by atoms with Gasteiger partial charge in [0.1, 0.15) is 0 Å². The fraction of sp³-hybridized carbons (Fsp3) is 0.222. The monoisotopic (exact) mass is 444 g/mol. The minimum atomic E-state index is -4.54. The lowest BCUT2D eigenvalue weighted by molar-refractivity contribution is -0.137. The van der Waals surface area contributed by atoms with E-state index in [-0.39, 0.29) is 16.5 Å². The SMILES string of the molecule is CC(=O)Nc1ccc(S(=O)(=O)N(C)CC(=O)NNc2cccc(C(F)(F)F)c2)cc1. The molecular weight excluding hydrogens is 425 g/mol. The number of hydrogen-bond donors (Lipinski definition) is 3. The van der Waals surface area contributed by atoms with Crippen molar-refractivity contribution >= 4 is 33.2 Å². The number of halogens is 3. The van der Waals surface area contributed by atoms with Gasteiger partial charge in [-0.05, 0) is 42.5 Å². The number of rotatable bonds is 7. The maximum atomic E-state index is 12.7. The molecule has 8 nitrogen and oxygen atoms in total. The summed E-state index contributed by atoms with van der Waals surface area (Å²) in [6, 6.07) is 9.51. The molecule has 0 spiro atoms. The van der Waals surface area contributed by atoms with E-state index in [2.05, 4.69) is 16.2 Å². The van der Waals surface area contributed by atoms with Crippen LogP contribution in [0.2, 0.25) is 0 Å². The molecule has 12 heteroatoms. The maximum Gasteiger partial charge on any atom is 0.416 e. The summed E-state index contributed by atoms with van der Waals surface area (Å²) in [4.78, 5) is 22.9. The molecular formula is C18H19F3N4O4S. The van der Waals surface area contributed by atoms with Gasteiger partial charge in [-0.15, -0.1) is 0 Å². The number of anilines is 2. The number of nitrogens with one attached hydrogen (secondary N) is 3. The summed E-state index contributed by atoms with van der Waals surface area (Å²) in [7, 11) is -2.82. The first-order valence-electron chi connectivity index (χ1n) is 8.45. The summed E-state index contributed by atoms with van der Waals surface area (Å²) in [5.41, 5.74) is 3.96. The van der Waals surface area contributed by atoms with Crippen LogP contribution in [0.25, 0.3) is 0 Å². The van der Waals surface area contributed by atoms with Crippen LogP contribution >= 0.6 is 0 Å². The van der Waals surface area contributed by atoms with E-state index in [1.807, 2.05) is 0 Å². The van der Waals surface area contributed by atoms with E-state index in [9.17, 15) is 31.2 Å². The Morgan fingerprint density at radius 1 is 1.03 bits per heavy atom. The van der Waals surface area contributed by atoms with Crippen LogP contribution in [0.5, 0.6) is 0 Å². The second kappa shape index (κ2) is 9.13. The lowest BCUT2D eigenvalue weighted by Crippen LogP contribution is -2.40. The van der Waals surface area contributed by atoms with E-state index in [0.29, 0.717) is 5.69 Å². The zero-order chi connectivity index (χ0) is 22.5. The highest BCUT2D eigenvalue weighted by molar-refractivity contribution is 7.89. The van der Waals surface area contributed by atoms with Crippen molar-refractivity contribution in [3.63, 3.8) is 0 Å². The molecule has 0 heterocycles. The van der Waals surface area contributed by atoms with E-state index in [0.717, 1.165) is 16.4 Å². The molecule has 0 saturated heterocycles. The van der Waals surface area contributed by atoms with Crippen molar-refractivity contribution < 1.29 is 31.2 Å². The normalized spacial score (nSPS) is 11.8. The Hall–Kier alpha value is -3.12. The van der Waals surface area contributed by atoms with Gasteiger partial charge in [-0.25, -0.2) is 8.42 Å².